The minimum atomic E-state index is -3.88. The van der Waals surface area contributed by atoms with Crippen LogP contribution in [0.5, 0.6) is 5.75 Å². The van der Waals surface area contributed by atoms with Gasteiger partial charge in [0.05, 0.1) is 0 Å². The van der Waals surface area contributed by atoms with Gasteiger partial charge in [-0.15, -0.1) is 0 Å². The van der Waals surface area contributed by atoms with Gasteiger partial charge in [0.15, 0.2) is 0 Å². The Balaban J connectivity index is 2.33. The average molecular weight is 320 g/mol. The number of ether oxygens (including phenoxy) is 1. The van der Waals surface area contributed by atoms with Crippen LogP contribution in [0.3, 0.4) is 0 Å². The minimum absolute atomic E-state index is 0.244. The number of para-hydroxylation sites is 1. The lowest BCUT2D eigenvalue weighted by Crippen LogP contribution is -2.34. The highest BCUT2D eigenvalue weighted by molar-refractivity contribution is 7.89. The molecule has 1 fully saturated rings. The number of hydrogen-bond acceptors (Lipinski definition) is 4. The summed E-state index contributed by atoms with van der Waals surface area (Å²) >= 11 is 0. The summed E-state index contributed by atoms with van der Waals surface area (Å²) in [6.07, 6.45) is 0.639. The smallest absolute Gasteiger partial charge is 0.387 e. The predicted molar refractivity (Wildman–Crippen MR) is 73.6 cm³/mol. The van der Waals surface area contributed by atoms with Crippen LogP contribution in [0.2, 0.25) is 0 Å². The standard InChI is InChI=1S/C13H18F2N2O3S/c1-13(8-16)6-7-17(9-13)21(18,19)11-5-3-2-4-10(11)20-12(14)15/h2-5,12H,6-9,16H2,1H3. The Morgan fingerprint density at radius 3 is 2.67 bits per heavy atom. The Morgan fingerprint density at radius 2 is 2.10 bits per heavy atom. The fraction of sp³-hybridized carbons (Fsp3) is 0.538. The second-order valence-electron chi connectivity index (χ2n) is 5.43. The fourth-order valence-corrected chi connectivity index (χ4v) is 4.06. The van der Waals surface area contributed by atoms with Crippen LogP contribution in [0.15, 0.2) is 29.2 Å². The lowest BCUT2D eigenvalue weighted by molar-refractivity contribution is -0.0517. The van der Waals surface area contributed by atoms with Gasteiger partial charge in [0, 0.05) is 13.1 Å². The first-order valence-electron chi connectivity index (χ1n) is 6.53. The molecule has 2 N–H and O–H groups in total. The van der Waals surface area contributed by atoms with E-state index in [-0.39, 0.29) is 22.6 Å². The molecular formula is C13H18F2N2O3S. The largest absolute Gasteiger partial charge is 0.433 e. The second kappa shape index (κ2) is 5.86. The number of sulfonamides is 1. The van der Waals surface area contributed by atoms with E-state index in [1.807, 2.05) is 6.92 Å². The highest BCUT2D eigenvalue weighted by atomic mass is 32.2. The van der Waals surface area contributed by atoms with Crippen molar-refractivity contribution in [1.82, 2.24) is 4.31 Å². The van der Waals surface area contributed by atoms with E-state index in [2.05, 4.69) is 4.74 Å². The zero-order valence-electron chi connectivity index (χ0n) is 11.6. The van der Waals surface area contributed by atoms with Gasteiger partial charge in [-0.1, -0.05) is 19.1 Å². The molecule has 1 aromatic carbocycles. The van der Waals surface area contributed by atoms with E-state index in [1.165, 1.54) is 28.6 Å². The Labute approximate surface area is 122 Å². The first-order valence-corrected chi connectivity index (χ1v) is 7.97. The number of hydrogen-bond donors (Lipinski definition) is 1. The molecule has 0 bridgehead atoms. The third-order valence-corrected chi connectivity index (χ3v) is 5.58. The summed E-state index contributed by atoms with van der Waals surface area (Å²) < 4.78 is 55.6. The SMILES string of the molecule is CC1(CN)CCN(S(=O)(=O)c2ccccc2OC(F)F)C1. The lowest BCUT2D eigenvalue weighted by Gasteiger charge is -2.23. The summed E-state index contributed by atoms with van der Waals surface area (Å²) in [4.78, 5) is -0.244. The van der Waals surface area contributed by atoms with Gasteiger partial charge in [0.25, 0.3) is 0 Å². The Kier molecular flexibility index (Phi) is 4.50. The van der Waals surface area contributed by atoms with Crippen LogP contribution in [0, 0.1) is 5.41 Å². The number of rotatable bonds is 5. The van der Waals surface area contributed by atoms with Crippen LogP contribution in [0.4, 0.5) is 8.78 Å². The van der Waals surface area contributed by atoms with Crippen LogP contribution in [-0.2, 0) is 10.0 Å². The first kappa shape index (κ1) is 16.1. The molecule has 0 saturated carbocycles. The quantitative estimate of drug-likeness (QED) is 0.895. The zero-order chi connectivity index (χ0) is 15.7. The van der Waals surface area contributed by atoms with Crippen LogP contribution in [-0.4, -0.2) is 39.0 Å². The Morgan fingerprint density at radius 1 is 1.43 bits per heavy atom. The molecule has 21 heavy (non-hydrogen) atoms. The molecule has 1 heterocycles. The van der Waals surface area contributed by atoms with Crippen molar-refractivity contribution < 1.29 is 21.9 Å². The number of benzene rings is 1. The fourth-order valence-electron chi connectivity index (χ4n) is 2.35. The van der Waals surface area contributed by atoms with Crippen LogP contribution >= 0.6 is 0 Å². The summed E-state index contributed by atoms with van der Waals surface area (Å²) in [5.41, 5.74) is 5.38. The normalized spacial score (nSPS) is 23.7. The summed E-state index contributed by atoms with van der Waals surface area (Å²) in [5.74, 6) is -0.339. The maximum Gasteiger partial charge on any atom is 0.387 e. The molecule has 0 aliphatic carbocycles. The van der Waals surface area contributed by atoms with Gasteiger partial charge in [-0.05, 0) is 30.5 Å². The molecule has 1 aromatic rings. The second-order valence-corrected chi connectivity index (χ2v) is 7.33. The van der Waals surface area contributed by atoms with Crippen molar-refractivity contribution in [3.8, 4) is 5.75 Å². The maximum atomic E-state index is 12.6. The van der Waals surface area contributed by atoms with Crippen molar-refractivity contribution in [2.75, 3.05) is 19.6 Å². The van der Waals surface area contributed by atoms with Crippen LogP contribution in [0.25, 0.3) is 0 Å². The van der Waals surface area contributed by atoms with E-state index < -0.39 is 16.6 Å². The molecule has 1 unspecified atom stereocenters. The predicted octanol–water partition coefficient (Wildman–Crippen LogP) is 1.65. The first-order chi connectivity index (χ1) is 9.78. The van der Waals surface area contributed by atoms with Crippen LogP contribution in [0.1, 0.15) is 13.3 Å². The summed E-state index contributed by atoms with van der Waals surface area (Å²) in [6.45, 7) is -0.208. The number of halogens is 2. The van der Waals surface area contributed by atoms with E-state index in [0.717, 1.165) is 0 Å². The molecule has 1 aliphatic rings. The van der Waals surface area contributed by atoms with Gasteiger partial charge in [0.2, 0.25) is 10.0 Å². The van der Waals surface area contributed by atoms with Crippen molar-refractivity contribution in [2.45, 2.75) is 24.9 Å². The molecule has 118 valence electrons. The lowest BCUT2D eigenvalue weighted by atomic mass is 9.90. The topological polar surface area (TPSA) is 72.6 Å². The molecule has 0 radical (unpaired) electrons. The van der Waals surface area contributed by atoms with Gasteiger partial charge in [-0.3, -0.25) is 0 Å². The average Bonchev–Trinajstić information content (AvgIpc) is 2.83. The van der Waals surface area contributed by atoms with Gasteiger partial charge >= 0.3 is 6.61 Å². The van der Waals surface area contributed by atoms with Crippen molar-refractivity contribution in [2.24, 2.45) is 11.1 Å². The van der Waals surface area contributed by atoms with Crippen molar-refractivity contribution >= 4 is 10.0 Å². The maximum absolute atomic E-state index is 12.6. The molecule has 5 nitrogen and oxygen atoms in total. The highest BCUT2D eigenvalue weighted by Gasteiger charge is 2.40. The van der Waals surface area contributed by atoms with Gasteiger partial charge in [-0.25, -0.2) is 8.42 Å². The summed E-state index contributed by atoms with van der Waals surface area (Å²) in [6, 6.07) is 5.41. The highest BCUT2D eigenvalue weighted by Crippen LogP contribution is 2.35. The monoisotopic (exact) mass is 320 g/mol. The molecule has 0 aromatic heterocycles. The number of nitrogens with two attached hydrogens (primary N) is 1. The van der Waals surface area contributed by atoms with E-state index in [1.54, 1.807) is 0 Å². The summed E-state index contributed by atoms with van der Waals surface area (Å²) in [7, 11) is -3.88. The van der Waals surface area contributed by atoms with E-state index >= 15 is 0 Å². The van der Waals surface area contributed by atoms with Crippen molar-refractivity contribution in [3.63, 3.8) is 0 Å². The van der Waals surface area contributed by atoms with Gasteiger partial charge < -0.3 is 10.5 Å². The van der Waals surface area contributed by atoms with Crippen molar-refractivity contribution in [3.05, 3.63) is 24.3 Å². The minimum Gasteiger partial charge on any atom is -0.433 e. The van der Waals surface area contributed by atoms with Crippen LogP contribution < -0.4 is 10.5 Å². The zero-order valence-corrected chi connectivity index (χ0v) is 12.4. The third-order valence-electron chi connectivity index (χ3n) is 3.70. The Bertz CT molecular complexity index is 609. The van der Waals surface area contributed by atoms with Gasteiger partial charge in [0.1, 0.15) is 10.6 Å². The molecular weight excluding hydrogens is 302 g/mol. The molecule has 1 atom stereocenters. The van der Waals surface area contributed by atoms with Gasteiger partial charge in [-0.2, -0.15) is 13.1 Å². The number of alkyl halides is 2. The molecule has 1 saturated heterocycles. The molecule has 8 heteroatoms. The molecule has 0 spiro atoms. The third kappa shape index (κ3) is 3.33. The Hall–Kier alpha value is -1.25. The molecule has 0 amide bonds. The number of nitrogens with zero attached hydrogens (tertiary/aromatic N) is 1. The summed E-state index contributed by atoms with van der Waals surface area (Å²) in [5, 5.41) is 0. The van der Waals surface area contributed by atoms with Crippen molar-refractivity contribution in [1.29, 1.82) is 0 Å². The van der Waals surface area contributed by atoms with E-state index in [4.69, 9.17) is 5.73 Å². The van der Waals surface area contributed by atoms with E-state index in [0.29, 0.717) is 19.5 Å². The molecule has 1 aliphatic heterocycles. The molecule has 2 rings (SSSR count). The van der Waals surface area contributed by atoms with E-state index in [9.17, 15) is 17.2 Å².